The summed E-state index contributed by atoms with van der Waals surface area (Å²) < 4.78 is 13.7. The molecule has 0 bridgehead atoms. The van der Waals surface area contributed by atoms with Crippen LogP contribution < -0.4 is 5.32 Å². The fourth-order valence-corrected chi connectivity index (χ4v) is 2.84. The molecule has 110 valence electrons. The van der Waals surface area contributed by atoms with Crippen LogP contribution in [0.2, 0.25) is 10.0 Å². The minimum atomic E-state index is -0.454. The number of hydrogen-bond donors (Lipinski definition) is 1. The number of amides is 1. The number of carbonyl (C=O) groups is 1. The van der Waals surface area contributed by atoms with E-state index in [1.54, 1.807) is 18.2 Å². The topological polar surface area (TPSA) is 29.1 Å². The van der Waals surface area contributed by atoms with Gasteiger partial charge in [0.25, 0.3) is 5.91 Å². The summed E-state index contributed by atoms with van der Waals surface area (Å²) in [6.07, 6.45) is 0.582. The second-order valence-corrected chi connectivity index (χ2v) is 6.13. The molecule has 0 aliphatic heterocycles. The Morgan fingerprint density at radius 3 is 2.48 bits per heavy atom. The van der Waals surface area contributed by atoms with Crippen LogP contribution in [0.3, 0.4) is 0 Å². The van der Waals surface area contributed by atoms with Gasteiger partial charge in [-0.2, -0.15) is 0 Å². The summed E-state index contributed by atoms with van der Waals surface area (Å²) in [5, 5.41) is 3.84. The van der Waals surface area contributed by atoms with Crippen LogP contribution in [-0.2, 0) is 6.42 Å². The predicted octanol–water partition coefficient (Wildman–Crippen LogP) is 4.87. The van der Waals surface area contributed by atoms with Gasteiger partial charge in [-0.25, -0.2) is 4.39 Å². The molecule has 1 amide bonds. The van der Waals surface area contributed by atoms with Crippen molar-refractivity contribution in [2.45, 2.75) is 6.42 Å². The molecule has 2 aromatic carbocycles. The molecule has 2 nitrogen and oxygen atoms in total. The minimum absolute atomic E-state index is 0.263. The summed E-state index contributed by atoms with van der Waals surface area (Å²) >= 11 is 15.0. The van der Waals surface area contributed by atoms with E-state index in [2.05, 4.69) is 21.2 Å². The summed E-state index contributed by atoms with van der Waals surface area (Å²) in [6, 6.07) is 9.20. The van der Waals surface area contributed by atoms with Crippen LogP contribution in [0.4, 0.5) is 4.39 Å². The third-order valence-electron chi connectivity index (χ3n) is 2.79. The first-order valence-electron chi connectivity index (χ1n) is 6.14. The van der Waals surface area contributed by atoms with Gasteiger partial charge >= 0.3 is 0 Å². The number of rotatable bonds is 4. The van der Waals surface area contributed by atoms with Crippen molar-refractivity contribution in [1.29, 1.82) is 0 Å². The molecule has 0 aromatic heterocycles. The van der Waals surface area contributed by atoms with Crippen LogP contribution in [0.1, 0.15) is 15.9 Å². The Labute approximate surface area is 140 Å². The first-order valence-corrected chi connectivity index (χ1v) is 7.69. The van der Waals surface area contributed by atoms with E-state index in [1.807, 2.05) is 0 Å². The quantitative estimate of drug-likeness (QED) is 0.792. The molecule has 0 saturated heterocycles. The normalized spacial score (nSPS) is 10.5. The monoisotopic (exact) mass is 389 g/mol. The second-order valence-electron chi connectivity index (χ2n) is 4.41. The van der Waals surface area contributed by atoms with Gasteiger partial charge in [0.1, 0.15) is 5.82 Å². The largest absolute Gasteiger partial charge is 0.352 e. The predicted molar refractivity (Wildman–Crippen MR) is 86.6 cm³/mol. The molecular weight excluding hydrogens is 380 g/mol. The van der Waals surface area contributed by atoms with Crippen LogP contribution in [0.5, 0.6) is 0 Å². The van der Waals surface area contributed by atoms with Crippen molar-refractivity contribution in [3.63, 3.8) is 0 Å². The highest BCUT2D eigenvalue weighted by atomic mass is 79.9. The fraction of sp³-hybridized carbons (Fsp3) is 0.133. The highest BCUT2D eigenvalue weighted by molar-refractivity contribution is 9.10. The van der Waals surface area contributed by atoms with Gasteiger partial charge in [-0.05, 0) is 64.3 Å². The summed E-state index contributed by atoms with van der Waals surface area (Å²) in [5.41, 5.74) is 1.19. The van der Waals surface area contributed by atoms with E-state index in [0.29, 0.717) is 27.5 Å². The lowest BCUT2D eigenvalue weighted by atomic mass is 10.1. The molecule has 2 rings (SSSR count). The Bertz CT molecular complexity index is 658. The van der Waals surface area contributed by atoms with E-state index in [4.69, 9.17) is 23.2 Å². The van der Waals surface area contributed by atoms with Crippen molar-refractivity contribution in [2.24, 2.45) is 0 Å². The molecule has 2 aromatic rings. The van der Waals surface area contributed by atoms with E-state index in [1.165, 1.54) is 18.2 Å². The Morgan fingerprint density at radius 2 is 1.81 bits per heavy atom. The summed E-state index contributed by atoms with van der Waals surface area (Å²) in [4.78, 5) is 12.0. The third kappa shape index (κ3) is 4.70. The van der Waals surface area contributed by atoms with Gasteiger partial charge in [0.05, 0.1) is 5.56 Å². The van der Waals surface area contributed by atoms with Gasteiger partial charge in [-0.1, -0.05) is 23.2 Å². The van der Waals surface area contributed by atoms with Crippen molar-refractivity contribution in [3.8, 4) is 0 Å². The zero-order valence-electron chi connectivity index (χ0n) is 10.8. The van der Waals surface area contributed by atoms with E-state index in [0.717, 1.165) is 5.56 Å². The Balaban J connectivity index is 1.96. The zero-order valence-corrected chi connectivity index (χ0v) is 13.9. The molecule has 0 unspecified atom stereocenters. The average Bonchev–Trinajstić information content (AvgIpc) is 2.40. The molecule has 0 heterocycles. The Hall–Kier alpha value is -1.10. The lowest BCUT2D eigenvalue weighted by molar-refractivity contribution is 0.0953. The van der Waals surface area contributed by atoms with Gasteiger partial charge in [-0.15, -0.1) is 0 Å². The third-order valence-corrected chi connectivity index (χ3v) is 3.92. The molecular formula is C15H11BrCl2FNO. The highest BCUT2D eigenvalue weighted by Crippen LogP contribution is 2.20. The first-order chi connectivity index (χ1) is 9.95. The molecule has 0 atom stereocenters. The van der Waals surface area contributed by atoms with Gasteiger partial charge < -0.3 is 5.32 Å². The van der Waals surface area contributed by atoms with Crippen molar-refractivity contribution in [3.05, 3.63) is 67.9 Å². The van der Waals surface area contributed by atoms with E-state index in [-0.39, 0.29) is 11.5 Å². The number of hydrogen-bond acceptors (Lipinski definition) is 1. The van der Waals surface area contributed by atoms with Crippen molar-refractivity contribution < 1.29 is 9.18 Å². The van der Waals surface area contributed by atoms with Gasteiger partial charge in [0.2, 0.25) is 0 Å². The smallest absolute Gasteiger partial charge is 0.252 e. The number of benzene rings is 2. The van der Waals surface area contributed by atoms with Gasteiger partial charge in [0, 0.05) is 21.1 Å². The maximum atomic E-state index is 13.2. The molecule has 0 radical (unpaired) electrons. The maximum absolute atomic E-state index is 13.2. The standard InChI is InChI=1S/C15H11BrCl2FNO/c16-14-2-1-12(19)8-13(14)15(21)20-4-3-9-5-10(17)7-11(18)6-9/h1-2,5-8H,3-4H2,(H,20,21). The molecule has 1 N–H and O–H groups in total. The fourth-order valence-electron chi connectivity index (χ4n) is 1.84. The molecule has 0 aliphatic rings. The molecule has 0 spiro atoms. The van der Waals surface area contributed by atoms with Crippen LogP contribution in [0.25, 0.3) is 0 Å². The number of nitrogens with one attached hydrogen (secondary N) is 1. The van der Waals surface area contributed by atoms with Crippen LogP contribution >= 0.6 is 39.1 Å². The van der Waals surface area contributed by atoms with Crippen LogP contribution in [-0.4, -0.2) is 12.5 Å². The van der Waals surface area contributed by atoms with E-state index < -0.39 is 5.82 Å². The summed E-state index contributed by atoms with van der Waals surface area (Å²) in [6.45, 7) is 0.401. The van der Waals surface area contributed by atoms with Crippen molar-refractivity contribution >= 4 is 45.0 Å². The van der Waals surface area contributed by atoms with Crippen LogP contribution in [0.15, 0.2) is 40.9 Å². The van der Waals surface area contributed by atoms with Gasteiger partial charge in [0.15, 0.2) is 0 Å². The molecule has 0 fully saturated rings. The SMILES string of the molecule is O=C(NCCc1cc(Cl)cc(Cl)c1)c1cc(F)ccc1Br. The zero-order chi connectivity index (χ0) is 15.4. The lowest BCUT2D eigenvalue weighted by Crippen LogP contribution is -2.26. The summed E-state index contributed by atoms with van der Waals surface area (Å²) in [5.74, 6) is -0.792. The number of halogens is 4. The molecule has 0 saturated carbocycles. The highest BCUT2D eigenvalue weighted by Gasteiger charge is 2.10. The maximum Gasteiger partial charge on any atom is 0.252 e. The molecule has 21 heavy (non-hydrogen) atoms. The van der Waals surface area contributed by atoms with E-state index >= 15 is 0 Å². The number of carbonyl (C=O) groups excluding carboxylic acids is 1. The lowest BCUT2D eigenvalue weighted by Gasteiger charge is -2.08. The Kier molecular flexibility index (Phi) is 5.62. The van der Waals surface area contributed by atoms with Crippen molar-refractivity contribution in [1.82, 2.24) is 5.32 Å². The minimum Gasteiger partial charge on any atom is -0.352 e. The second kappa shape index (κ2) is 7.25. The Morgan fingerprint density at radius 1 is 1.14 bits per heavy atom. The molecule has 0 aliphatic carbocycles. The van der Waals surface area contributed by atoms with Crippen molar-refractivity contribution in [2.75, 3.05) is 6.54 Å². The first kappa shape index (κ1) is 16.3. The van der Waals surface area contributed by atoms with Gasteiger partial charge in [-0.3, -0.25) is 4.79 Å². The average molecular weight is 391 g/mol. The van der Waals surface area contributed by atoms with E-state index in [9.17, 15) is 9.18 Å². The van der Waals surface area contributed by atoms with Crippen LogP contribution in [0, 0.1) is 5.82 Å². The molecule has 6 heteroatoms. The summed E-state index contributed by atoms with van der Waals surface area (Å²) in [7, 11) is 0.